The average Bonchev–Trinajstić information content (AvgIpc) is 2.48. The molecule has 2 unspecified atom stereocenters. The zero-order valence-corrected chi connectivity index (χ0v) is 12.5. The topological polar surface area (TPSA) is 41.1 Å². The number of anilines is 1. The summed E-state index contributed by atoms with van der Waals surface area (Å²) in [6, 6.07) is 6.23. The van der Waals surface area contributed by atoms with E-state index in [0.717, 1.165) is 6.42 Å². The van der Waals surface area contributed by atoms with Crippen molar-refractivity contribution in [3.8, 4) is 0 Å². The highest BCUT2D eigenvalue weighted by atomic mass is 32.2. The molecule has 1 amide bonds. The van der Waals surface area contributed by atoms with E-state index < -0.39 is 0 Å². The van der Waals surface area contributed by atoms with Crippen LogP contribution in [0.2, 0.25) is 0 Å². The molecule has 1 aliphatic carbocycles. The highest BCUT2D eigenvalue weighted by molar-refractivity contribution is 7.99. The third kappa shape index (κ3) is 4.49. The van der Waals surface area contributed by atoms with Crippen molar-refractivity contribution in [2.75, 3.05) is 18.1 Å². The van der Waals surface area contributed by atoms with Crippen molar-refractivity contribution in [3.05, 3.63) is 30.1 Å². The summed E-state index contributed by atoms with van der Waals surface area (Å²) in [6.45, 7) is 0.305. The fraction of sp³-hybridized carbons (Fsp3) is 0.533. The molecule has 5 heteroatoms. The second-order valence-electron chi connectivity index (χ2n) is 5.10. The molecular weight excluding hydrogens is 275 g/mol. The molecule has 1 aromatic rings. The first-order valence-electron chi connectivity index (χ1n) is 7.00. The maximum Gasteiger partial charge on any atom is 0.238 e. The van der Waals surface area contributed by atoms with Crippen molar-refractivity contribution in [2.45, 2.75) is 37.0 Å². The van der Waals surface area contributed by atoms with Crippen LogP contribution in [0.4, 0.5) is 10.1 Å². The van der Waals surface area contributed by atoms with Crippen molar-refractivity contribution in [1.82, 2.24) is 5.32 Å². The van der Waals surface area contributed by atoms with E-state index in [0.29, 0.717) is 23.5 Å². The maximum atomic E-state index is 12.8. The minimum absolute atomic E-state index is 0.0814. The van der Waals surface area contributed by atoms with Gasteiger partial charge in [0.25, 0.3) is 0 Å². The number of carbonyl (C=O) groups excluding carboxylic acids is 1. The SMILES string of the molecule is CSC1CCCCC1NCC(=O)Nc1ccc(F)cc1. The predicted octanol–water partition coefficient (Wildman–Crippen LogP) is 3.03. The van der Waals surface area contributed by atoms with Gasteiger partial charge in [-0.2, -0.15) is 11.8 Å². The standard InChI is InChI=1S/C15H21FN2OS/c1-20-14-5-3-2-4-13(14)17-10-15(19)18-12-8-6-11(16)7-9-12/h6-9,13-14,17H,2-5,10H2,1H3,(H,18,19). The molecule has 0 bridgehead atoms. The van der Waals surface area contributed by atoms with Crippen LogP contribution in [0.15, 0.2) is 24.3 Å². The number of amides is 1. The Morgan fingerprint density at radius 1 is 1.30 bits per heavy atom. The summed E-state index contributed by atoms with van der Waals surface area (Å²) in [4.78, 5) is 11.9. The summed E-state index contributed by atoms with van der Waals surface area (Å²) < 4.78 is 12.8. The van der Waals surface area contributed by atoms with E-state index in [1.165, 1.54) is 31.4 Å². The van der Waals surface area contributed by atoms with Crippen LogP contribution in [0.1, 0.15) is 25.7 Å². The van der Waals surface area contributed by atoms with Crippen LogP contribution >= 0.6 is 11.8 Å². The van der Waals surface area contributed by atoms with E-state index in [4.69, 9.17) is 0 Å². The first kappa shape index (κ1) is 15.3. The van der Waals surface area contributed by atoms with Crippen molar-refractivity contribution >= 4 is 23.4 Å². The third-order valence-electron chi connectivity index (χ3n) is 3.66. The molecule has 20 heavy (non-hydrogen) atoms. The van der Waals surface area contributed by atoms with Gasteiger partial charge in [-0.15, -0.1) is 0 Å². The van der Waals surface area contributed by atoms with Gasteiger partial charge in [0.05, 0.1) is 6.54 Å². The normalized spacial score (nSPS) is 22.5. The molecule has 1 fully saturated rings. The summed E-state index contributed by atoms with van der Waals surface area (Å²) in [5.41, 5.74) is 0.628. The van der Waals surface area contributed by atoms with Crippen molar-refractivity contribution in [3.63, 3.8) is 0 Å². The lowest BCUT2D eigenvalue weighted by Gasteiger charge is -2.30. The Morgan fingerprint density at radius 2 is 2.00 bits per heavy atom. The zero-order valence-electron chi connectivity index (χ0n) is 11.7. The lowest BCUT2D eigenvalue weighted by molar-refractivity contribution is -0.115. The fourth-order valence-electron chi connectivity index (χ4n) is 2.57. The Kier molecular flexibility index (Phi) is 5.86. The third-order valence-corrected chi connectivity index (χ3v) is 4.83. The second-order valence-corrected chi connectivity index (χ2v) is 6.18. The summed E-state index contributed by atoms with van der Waals surface area (Å²) in [5, 5.41) is 6.71. The van der Waals surface area contributed by atoms with Gasteiger partial charge in [-0.25, -0.2) is 4.39 Å². The first-order valence-corrected chi connectivity index (χ1v) is 8.29. The van der Waals surface area contributed by atoms with Crippen LogP contribution < -0.4 is 10.6 Å². The summed E-state index contributed by atoms with van der Waals surface area (Å²) >= 11 is 1.88. The molecule has 1 saturated carbocycles. The molecule has 1 aliphatic rings. The maximum absolute atomic E-state index is 12.8. The van der Waals surface area contributed by atoms with Crippen molar-refractivity contribution in [1.29, 1.82) is 0 Å². The van der Waals surface area contributed by atoms with Gasteiger partial charge in [-0.3, -0.25) is 4.79 Å². The number of hydrogen-bond donors (Lipinski definition) is 2. The summed E-state index contributed by atoms with van der Waals surface area (Å²) in [6.07, 6.45) is 7.00. The predicted molar refractivity (Wildman–Crippen MR) is 82.6 cm³/mol. The number of nitrogens with one attached hydrogen (secondary N) is 2. The van der Waals surface area contributed by atoms with Gasteiger partial charge in [0, 0.05) is 17.0 Å². The number of rotatable bonds is 5. The van der Waals surface area contributed by atoms with E-state index in [1.807, 2.05) is 11.8 Å². The van der Waals surface area contributed by atoms with E-state index in [1.54, 1.807) is 12.1 Å². The molecule has 2 atom stereocenters. The largest absolute Gasteiger partial charge is 0.325 e. The molecule has 0 radical (unpaired) electrons. The lowest BCUT2D eigenvalue weighted by Crippen LogP contribution is -2.43. The molecule has 2 N–H and O–H groups in total. The van der Waals surface area contributed by atoms with Crippen LogP contribution in [0, 0.1) is 5.82 Å². The van der Waals surface area contributed by atoms with Crippen molar-refractivity contribution in [2.24, 2.45) is 0 Å². The van der Waals surface area contributed by atoms with E-state index in [9.17, 15) is 9.18 Å². The van der Waals surface area contributed by atoms with Gasteiger partial charge in [0.2, 0.25) is 5.91 Å². The molecule has 0 heterocycles. The Bertz CT molecular complexity index is 438. The molecule has 0 aliphatic heterocycles. The van der Waals surface area contributed by atoms with Gasteiger partial charge in [-0.05, 0) is 43.4 Å². The fourth-order valence-corrected chi connectivity index (χ4v) is 3.54. The highest BCUT2D eigenvalue weighted by Gasteiger charge is 2.24. The molecule has 3 nitrogen and oxygen atoms in total. The van der Waals surface area contributed by atoms with E-state index >= 15 is 0 Å². The first-order chi connectivity index (χ1) is 9.69. The minimum Gasteiger partial charge on any atom is -0.325 e. The molecule has 0 aromatic heterocycles. The van der Waals surface area contributed by atoms with Gasteiger partial charge in [0.15, 0.2) is 0 Å². The smallest absolute Gasteiger partial charge is 0.238 e. The van der Waals surface area contributed by atoms with Gasteiger partial charge in [-0.1, -0.05) is 12.8 Å². The Hall–Kier alpha value is -1.07. The highest BCUT2D eigenvalue weighted by Crippen LogP contribution is 2.26. The molecule has 110 valence electrons. The number of hydrogen-bond acceptors (Lipinski definition) is 3. The molecule has 0 saturated heterocycles. The second kappa shape index (κ2) is 7.64. The molecular formula is C15H21FN2OS. The number of halogens is 1. The van der Waals surface area contributed by atoms with Gasteiger partial charge < -0.3 is 10.6 Å². The zero-order chi connectivity index (χ0) is 14.4. The molecule has 0 spiro atoms. The summed E-state index contributed by atoms with van der Waals surface area (Å²) in [7, 11) is 0. The Labute approximate surface area is 123 Å². The monoisotopic (exact) mass is 296 g/mol. The van der Waals surface area contributed by atoms with Crippen LogP contribution in [0.5, 0.6) is 0 Å². The molecule has 1 aromatic carbocycles. The minimum atomic E-state index is -0.300. The molecule has 2 rings (SSSR count). The number of carbonyl (C=O) groups is 1. The Morgan fingerprint density at radius 3 is 2.70 bits per heavy atom. The van der Waals surface area contributed by atoms with Crippen molar-refractivity contribution < 1.29 is 9.18 Å². The van der Waals surface area contributed by atoms with Crippen LogP contribution in [0.25, 0.3) is 0 Å². The lowest BCUT2D eigenvalue weighted by atomic mass is 9.95. The van der Waals surface area contributed by atoms with Gasteiger partial charge >= 0.3 is 0 Å². The number of benzene rings is 1. The van der Waals surface area contributed by atoms with Crippen LogP contribution in [0.3, 0.4) is 0 Å². The van der Waals surface area contributed by atoms with Crippen LogP contribution in [-0.2, 0) is 4.79 Å². The number of thioether (sulfide) groups is 1. The quantitative estimate of drug-likeness (QED) is 0.877. The van der Waals surface area contributed by atoms with Crippen LogP contribution in [-0.4, -0.2) is 30.0 Å². The summed E-state index contributed by atoms with van der Waals surface area (Å²) in [5.74, 6) is -0.381. The van der Waals surface area contributed by atoms with E-state index in [2.05, 4.69) is 16.9 Å². The Balaban J connectivity index is 1.78. The average molecular weight is 296 g/mol. The van der Waals surface area contributed by atoms with Gasteiger partial charge in [0.1, 0.15) is 5.82 Å². The van der Waals surface area contributed by atoms with E-state index in [-0.39, 0.29) is 11.7 Å².